The number of rotatable bonds is 7. The highest BCUT2D eigenvalue weighted by Crippen LogP contribution is 2.39. The van der Waals surface area contributed by atoms with Gasteiger partial charge in [0.2, 0.25) is 0 Å². The van der Waals surface area contributed by atoms with E-state index < -0.39 is 7.12 Å². The third-order valence-corrected chi connectivity index (χ3v) is 5.67. The molecule has 0 radical (unpaired) electrons. The summed E-state index contributed by atoms with van der Waals surface area (Å²) in [5.41, 5.74) is 10.7. The van der Waals surface area contributed by atoms with Crippen LogP contribution < -0.4 is 26.3 Å². The SMILES string of the molecule is CC1Cc2c(CN)cccc2N1c1nnc(N(C)C)c(NCc2cccc(B(O)O)c2)n1. The molecular weight excluding hydrogens is 405 g/mol. The maximum absolute atomic E-state index is 9.43. The van der Waals surface area contributed by atoms with Crippen LogP contribution in [-0.4, -0.2) is 52.5 Å². The fourth-order valence-corrected chi connectivity index (χ4v) is 4.09. The van der Waals surface area contributed by atoms with Gasteiger partial charge in [-0.1, -0.05) is 36.4 Å². The molecule has 0 saturated heterocycles. The van der Waals surface area contributed by atoms with Crippen molar-refractivity contribution in [1.82, 2.24) is 15.2 Å². The highest BCUT2D eigenvalue weighted by Gasteiger charge is 2.31. The molecule has 0 amide bonds. The van der Waals surface area contributed by atoms with Crippen molar-refractivity contribution in [1.29, 1.82) is 0 Å². The van der Waals surface area contributed by atoms with Crippen LogP contribution in [0.5, 0.6) is 0 Å². The monoisotopic (exact) mass is 433 g/mol. The molecule has 0 bridgehead atoms. The third kappa shape index (κ3) is 4.25. The van der Waals surface area contributed by atoms with Gasteiger partial charge in [-0.25, -0.2) is 0 Å². The Balaban J connectivity index is 1.66. The molecule has 0 saturated carbocycles. The highest BCUT2D eigenvalue weighted by atomic mass is 16.4. The van der Waals surface area contributed by atoms with E-state index in [1.54, 1.807) is 18.2 Å². The van der Waals surface area contributed by atoms with Crippen molar-refractivity contribution >= 4 is 35.9 Å². The van der Waals surface area contributed by atoms with Gasteiger partial charge in [-0.05, 0) is 41.6 Å². The van der Waals surface area contributed by atoms with Gasteiger partial charge < -0.3 is 30.9 Å². The lowest BCUT2D eigenvalue weighted by Crippen LogP contribution is -2.30. The predicted molar refractivity (Wildman–Crippen MR) is 127 cm³/mol. The normalized spacial score (nSPS) is 14.9. The summed E-state index contributed by atoms with van der Waals surface area (Å²) >= 11 is 0. The van der Waals surface area contributed by atoms with Crippen molar-refractivity contribution in [3.63, 3.8) is 0 Å². The molecule has 4 rings (SSSR count). The fourth-order valence-electron chi connectivity index (χ4n) is 4.09. The molecule has 1 aliphatic rings. The second-order valence-corrected chi connectivity index (χ2v) is 8.19. The van der Waals surface area contributed by atoms with Crippen molar-refractivity contribution in [3.8, 4) is 0 Å². The van der Waals surface area contributed by atoms with E-state index in [1.807, 2.05) is 31.1 Å². The number of hydrogen-bond donors (Lipinski definition) is 4. The number of fused-ring (bicyclic) bond motifs is 1. The van der Waals surface area contributed by atoms with Gasteiger partial charge in [-0.3, -0.25) is 0 Å². The molecule has 166 valence electrons. The molecule has 1 aliphatic heterocycles. The molecule has 1 aromatic heterocycles. The van der Waals surface area contributed by atoms with Crippen molar-refractivity contribution < 1.29 is 10.0 Å². The third-order valence-electron chi connectivity index (χ3n) is 5.67. The Morgan fingerprint density at radius 2 is 1.97 bits per heavy atom. The first-order valence-corrected chi connectivity index (χ1v) is 10.6. The zero-order valence-corrected chi connectivity index (χ0v) is 18.5. The van der Waals surface area contributed by atoms with E-state index in [0.29, 0.717) is 36.1 Å². The van der Waals surface area contributed by atoms with Crippen LogP contribution in [0, 0.1) is 0 Å². The van der Waals surface area contributed by atoms with Gasteiger partial charge >= 0.3 is 7.12 Å². The van der Waals surface area contributed by atoms with E-state index in [2.05, 4.69) is 39.5 Å². The van der Waals surface area contributed by atoms with Crippen LogP contribution in [-0.2, 0) is 19.5 Å². The molecule has 32 heavy (non-hydrogen) atoms. The lowest BCUT2D eigenvalue weighted by atomic mass is 9.80. The van der Waals surface area contributed by atoms with Gasteiger partial charge in [-0.2, -0.15) is 4.98 Å². The zero-order valence-electron chi connectivity index (χ0n) is 18.5. The van der Waals surface area contributed by atoms with Crippen LogP contribution >= 0.6 is 0 Å². The molecule has 2 heterocycles. The van der Waals surface area contributed by atoms with Crippen molar-refractivity contribution in [2.24, 2.45) is 5.73 Å². The van der Waals surface area contributed by atoms with E-state index in [0.717, 1.165) is 23.2 Å². The standard InChI is InChI=1S/C22H28BN7O2/c1-14-10-18-16(12-24)7-5-9-19(18)30(14)22-26-20(21(27-28-22)29(2)3)25-13-15-6-4-8-17(11-15)23(31)32/h4-9,11,14,31-32H,10,12-13,24H2,1-3H3,(H,25,26,28). The van der Waals surface area contributed by atoms with E-state index >= 15 is 0 Å². The van der Waals surface area contributed by atoms with Crippen LogP contribution in [0.2, 0.25) is 0 Å². The van der Waals surface area contributed by atoms with E-state index in [9.17, 15) is 10.0 Å². The Morgan fingerprint density at radius 1 is 1.19 bits per heavy atom. The average molecular weight is 433 g/mol. The Morgan fingerprint density at radius 3 is 2.69 bits per heavy atom. The maximum atomic E-state index is 9.43. The topological polar surface area (TPSA) is 124 Å². The van der Waals surface area contributed by atoms with Crippen molar-refractivity contribution in [2.45, 2.75) is 32.5 Å². The molecule has 1 unspecified atom stereocenters. The molecule has 0 aliphatic carbocycles. The first-order valence-electron chi connectivity index (χ1n) is 10.6. The summed E-state index contributed by atoms with van der Waals surface area (Å²) in [5.74, 6) is 1.75. The molecule has 9 nitrogen and oxygen atoms in total. The highest BCUT2D eigenvalue weighted by molar-refractivity contribution is 6.58. The summed E-state index contributed by atoms with van der Waals surface area (Å²) < 4.78 is 0. The summed E-state index contributed by atoms with van der Waals surface area (Å²) in [7, 11) is 2.27. The molecule has 0 fully saturated rings. The maximum Gasteiger partial charge on any atom is 0.488 e. The Labute approximate surface area is 188 Å². The van der Waals surface area contributed by atoms with E-state index in [1.165, 1.54) is 5.56 Å². The van der Waals surface area contributed by atoms with Crippen LogP contribution in [0.4, 0.5) is 23.3 Å². The lowest BCUT2D eigenvalue weighted by Gasteiger charge is -2.24. The van der Waals surface area contributed by atoms with Crippen LogP contribution in [0.25, 0.3) is 0 Å². The Kier molecular flexibility index (Phi) is 6.27. The second-order valence-electron chi connectivity index (χ2n) is 8.19. The summed E-state index contributed by atoms with van der Waals surface area (Å²) in [5, 5.41) is 31.1. The molecule has 1 atom stereocenters. The van der Waals surface area contributed by atoms with Crippen LogP contribution in [0.15, 0.2) is 42.5 Å². The molecule has 3 aromatic rings. The minimum atomic E-state index is -1.50. The predicted octanol–water partition coefficient (Wildman–Crippen LogP) is 0.771. The Hall–Kier alpha value is -3.21. The smallest absolute Gasteiger partial charge is 0.423 e. The zero-order chi connectivity index (χ0) is 22.8. The summed E-state index contributed by atoms with van der Waals surface area (Å²) in [6, 6.07) is 13.4. The number of anilines is 4. The average Bonchev–Trinajstić information content (AvgIpc) is 3.13. The van der Waals surface area contributed by atoms with Crippen LogP contribution in [0.1, 0.15) is 23.6 Å². The Bertz CT molecular complexity index is 1110. The molecule has 2 aromatic carbocycles. The van der Waals surface area contributed by atoms with E-state index in [-0.39, 0.29) is 6.04 Å². The van der Waals surface area contributed by atoms with Gasteiger partial charge in [0.25, 0.3) is 5.95 Å². The van der Waals surface area contributed by atoms with Crippen LogP contribution in [0.3, 0.4) is 0 Å². The van der Waals surface area contributed by atoms with Gasteiger partial charge in [0, 0.05) is 38.9 Å². The number of nitrogens with zero attached hydrogens (tertiary/aromatic N) is 5. The minimum absolute atomic E-state index is 0.181. The molecular formula is C22H28BN7O2. The van der Waals surface area contributed by atoms with Crippen molar-refractivity contribution in [3.05, 3.63) is 59.2 Å². The number of benzene rings is 2. The van der Waals surface area contributed by atoms with Gasteiger partial charge in [0.15, 0.2) is 11.6 Å². The molecule has 10 heteroatoms. The van der Waals surface area contributed by atoms with E-state index in [4.69, 9.17) is 10.7 Å². The number of nitrogens with one attached hydrogen (secondary N) is 1. The molecule has 5 N–H and O–H groups in total. The van der Waals surface area contributed by atoms with Gasteiger partial charge in [0.1, 0.15) is 0 Å². The summed E-state index contributed by atoms with van der Waals surface area (Å²) in [6.07, 6.45) is 0.876. The summed E-state index contributed by atoms with van der Waals surface area (Å²) in [4.78, 5) is 8.78. The first-order chi connectivity index (χ1) is 15.4. The second kappa shape index (κ2) is 9.11. The number of aromatic nitrogens is 3. The lowest BCUT2D eigenvalue weighted by molar-refractivity contribution is 0.425. The van der Waals surface area contributed by atoms with Gasteiger partial charge in [-0.15, -0.1) is 10.2 Å². The van der Waals surface area contributed by atoms with Crippen molar-refractivity contribution in [2.75, 3.05) is 29.2 Å². The first kappa shape index (κ1) is 22.0. The quantitative estimate of drug-likeness (QED) is 0.400. The number of hydrogen-bond acceptors (Lipinski definition) is 9. The largest absolute Gasteiger partial charge is 0.488 e. The summed E-state index contributed by atoms with van der Waals surface area (Å²) in [6.45, 7) is 3.09. The van der Waals surface area contributed by atoms with Gasteiger partial charge in [0.05, 0.1) is 0 Å². The fraction of sp³-hybridized carbons (Fsp3) is 0.318. The molecule has 0 spiro atoms. The minimum Gasteiger partial charge on any atom is -0.423 e. The number of nitrogens with two attached hydrogens (primary N) is 1.